The first kappa shape index (κ1) is 18.3. The molecule has 1 aromatic carbocycles. The zero-order valence-corrected chi connectivity index (χ0v) is 15.0. The van der Waals surface area contributed by atoms with Crippen LogP contribution in [0.2, 0.25) is 0 Å². The van der Waals surface area contributed by atoms with E-state index in [0.717, 1.165) is 24.9 Å². The Hall–Kier alpha value is -2.53. The van der Waals surface area contributed by atoms with E-state index in [0.29, 0.717) is 19.4 Å². The molecule has 1 amide bonds. The van der Waals surface area contributed by atoms with Crippen molar-refractivity contribution >= 4 is 5.91 Å². The molecule has 2 heterocycles. The molecule has 0 aliphatic carbocycles. The summed E-state index contributed by atoms with van der Waals surface area (Å²) >= 11 is 0. The van der Waals surface area contributed by atoms with Crippen LogP contribution in [0, 0.1) is 0 Å². The van der Waals surface area contributed by atoms with Crippen molar-refractivity contribution in [2.24, 2.45) is 0 Å². The maximum atomic E-state index is 12.8. The lowest BCUT2D eigenvalue weighted by Crippen LogP contribution is -2.42. The monoisotopic (exact) mass is 351 g/mol. The quantitative estimate of drug-likeness (QED) is 0.686. The number of nitrogens with zero attached hydrogens (tertiary/aromatic N) is 3. The van der Waals surface area contributed by atoms with Gasteiger partial charge in [-0.1, -0.05) is 36.4 Å². The minimum atomic E-state index is 0.0530. The molecular weight excluding hydrogens is 326 g/mol. The van der Waals surface area contributed by atoms with Crippen molar-refractivity contribution in [3.63, 3.8) is 0 Å². The first-order chi connectivity index (χ1) is 12.8. The first-order valence-electron chi connectivity index (χ1n) is 9.07. The number of hydrogen-bond acceptors (Lipinski definition) is 4. The van der Waals surface area contributed by atoms with E-state index in [1.807, 2.05) is 23.1 Å². The fourth-order valence-corrected chi connectivity index (χ4v) is 3.47. The van der Waals surface area contributed by atoms with Gasteiger partial charge in [-0.2, -0.15) is 0 Å². The van der Waals surface area contributed by atoms with E-state index in [4.69, 9.17) is 4.74 Å². The number of carbonyl (C=O) groups is 1. The Morgan fingerprint density at radius 3 is 2.73 bits per heavy atom. The normalized spacial score (nSPS) is 19.5. The first-order valence-corrected chi connectivity index (χ1v) is 9.07. The topological polar surface area (TPSA) is 55.3 Å². The van der Waals surface area contributed by atoms with Crippen LogP contribution in [0.5, 0.6) is 0 Å². The van der Waals surface area contributed by atoms with Crippen molar-refractivity contribution in [1.82, 2.24) is 14.9 Å². The molecule has 2 aromatic rings. The maximum Gasteiger partial charge on any atom is 0.223 e. The molecule has 0 radical (unpaired) electrons. The van der Waals surface area contributed by atoms with Gasteiger partial charge in [-0.25, -0.2) is 9.97 Å². The molecule has 136 valence electrons. The fraction of sp³-hybridized carbons (Fsp3) is 0.381. The zero-order chi connectivity index (χ0) is 18.2. The van der Waals surface area contributed by atoms with E-state index < -0.39 is 0 Å². The number of ether oxygens (including phenoxy) is 1. The minimum Gasteiger partial charge on any atom is -0.372 e. The van der Waals surface area contributed by atoms with Crippen LogP contribution in [-0.4, -0.2) is 46.1 Å². The van der Waals surface area contributed by atoms with Crippen molar-refractivity contribution in [1.29, 1.82) is 0 Å². The summed E-state index contributed by atoms with van der Waals surface area (Å²) in [7, 11) is 0. The predicted molar refractivity (Wildman–Crippen MR) is 101 cm³/mol. The summed E-state index contributed by atoms with van der Waals surface area (Å²) in [5, 5.41) is 0. The standard InChI is InChI=1S/C21H25N3O2/c1-2-12-26-20-10-11-24(19(20)13-17-6-4-3-5-7-17)21(25)9-8-18-14-22-16-23-15-18/h2-7,14-16,19-20H,1,8-13H2/t19-,20+/m0/s1. The summed E-state index contributed by atoms with van der Waals surface area (Å²) in [6.45, 7) is 4.98. The molecule has 0 unspecified atom stereocenters. The second kappa shape index (κ2) is 9.25. The van der Waals surface area contributed by atoms with Gasteiger partial charge in [0.05, 0.1) is 18.8 Å². The summed E-state index contributed by atoms with van der Waals surface area (Å²) in [6.07, 6.45) is 9.65. The molecule has 1 aliphatic rings. The third-order valence-electron chi connectivity index (χ3n) is 4.76. The molecule has 1 aliphatic heterocycles. The van der Waals surface area contributed by atoms with Crippen molar-refractivity contribution in [2.75, 3.05) is 13.2 Å². The number of aromatic nitrogens is 2. The highest BCUT2D eigenvalue weighted by atomic mass is 16.5. The molecule has 1 saturated heterocycles. The number of amides is 1. The molecule has 3 rings (SSSR count). The lowest BCUT2D eigenvalue weighted by molar-refractivity contribution is -0.133. The van der Waals surface area contributed by atoms with Gasteiger partial charge < -0.3 is 9.64 Å². The smallest absolute Gasteiger partial charge is 0.223 e. The molecule has 0 spiro atoms. The van der Waals surface area contributed by atoms with Gasteiger partial charge in [-0.3, -0.25) is 4.79 Å². The van der Waals surface area contributed by atoms with Crippen molar-refractivity contribution in [3.8, 4) is 0 Å². The summed E-state index contributed by atoms with van der Waals surface area (Å²) < 4.78 is 5.95. The Labute approximate surface area is 154 Å². The second-order valence-corrected chi connectivity index (χ2v) is 6.54. The number of benzene rings is 1. The number of likely N-dealkylation sites (tertiary alicyclic amines) is 1. The number of hydrogen-bond donors (Lipinski definition) is 0. The minimum absolute atomic E-state index is 0.0530. The van der Waals surface area contributed by atoms with Crippen LogP contribution in [0.25, 0.3) is 0 Å². The van der Waals surface area contributed by atoms with Gasteiger partial charge >= 0.3 is 0 Å². The molecule has 26 heavy (non-hydrogen) atoms. The number of carbonyl (C=O) groups excluding carboxylic acids is 1. The van der Waals surface area contributed by atoms with E-state index in [2.05, 4.69) is 28.7 Å². The van der Waals surface area contributed by atoms with Gasteiger partial charge in [0.15, 0.2) is 0 Å². The lowest BCUT2D eigenvalue weighted by Gasteiger charge is -2.28. The molecule has 0 N–H and O–H groups in total. The largest absolute Gasteiger partial charge is 0.372 e. The van der Waals surface area contributed by atoms with Gasteiger partial charge in [0.2, 0.25) is 5.91 Å². The van der Waals surface area contributed by atoms with Crippen LogP contribution in [0.15, 0.2) is 61.7 Å². The highest BCUT2D eigenvalue weighted by Crippen LogP contribution is 2.25. The van der Waals surface area contributed by atoms with Crippen LogP contribution < -0.4 is 0 Å². The Morgan fingerprint density at radius 1 is 1.23 bits per heavy atom. The predicted octanol–water partition coefficient (Wildman–Crippen LogP) is 2.82. The average Bonchev–Trinajstić information content (AvgIpc) is 3.08. The van der Waals surface area contributed by atoms with Crippen molar-refractivity contribution in [3.05, 3.63) is 72.8 Å². The van der Waals surface area contributed by atoms with Crippen molar-refractivity contribution in [2.45, 2.75) is 37.8 Å². The number of aryl methyl sites for hydroxylation is 1. The van der Waals surface area contributed by atoms with Crippen LogP contribution in [0.1, 0.15) is 24.0 Å². The lowest BCUT2D eigenvalue weighted by atomic mass is 10.0. The van der Waals surface area contributed by atoms with E-state index in [-0.39, 0.29) is 18.1 Å². The maximum absolute atomic E-state index is 12.8. The molecule has 1 aromatic heterocycles. The van der Waals surface area contributed by atoms with Crippen molar-refractivity contribution < 1.29 is 9.53 Å². The van der Waals surface area contributed by atoms with Gasteiger partial charge in [-0.15, -0.1) is 6.58 Å². The summed E-state index contributed by atoms with van der Waals surface area (Å²) in [5.41, 5.74) is 2.21. The molecule has 0 bridgehead atoms. The summed E-state index contributed by atoms with van der Waals surface area (Å²) in [5.74, 6) is 0.166. The van der Waals surface area contributed by atoms with E-state index in [1.165, 1.54) is 11.9 Å². The Kier molecular flexibility index (Phi) is 6.50. The fourth-order valence-electron chi connectivity index (χ4n) is 3.47. The molecule has 5 heteroatoms. The van der Waals surface area contributed by atoms with E-state index >= 15 is 0 Å². The summed E-state index contributed by atoms with van der Waals surface area (Å²) in [4.78, 5) is 22.9. The van der Waals surface area contributed by atoms with Gasteiger partial charge in [0.25, 0.3) is 0 Å². The Balaban J connectivity index is 1.66. The zero-order valence-electron chi connectivity index (χ0n) is 15.0. The average molecular weight is 351 g/mol. The molecule has 2 atom stereocenters. The molecular formula is C21H25N3O2. The van der Waals surface area contributed by atoms with E-state index in [9.17, 15) is 4.79 Å². The van der Waals surface area contributed by atoms with Crippen LogP contribution in [-0.2, 0) is 22.4 Å². The van der Waals surface area contributed by atoms with Gasteiger partial charge in [-0.05, 0) is 30.4 Å². The molecule has 0 saturated carbocycles. The molecule has 5 nitrogen and oxygen atoms in total. The van der Waals surface area contributed by atoms with Crippen LogP contribution in [0.4, 0.5) is 0 Å². The number of rotatable bonds is 8. The Bertz CT molecular complexity index is 706. The SMILES string of the molecule is C=CCO[C@@H]1CCN(C(=O)CCc2cncnc2)[C@H]1Cc1ccccc1. The summed E-state index contributed by atoms with van der Waals surface area (Å²) in [6, 6.07) is 10.3. The van der Waals surface area contributed by atoms with Crippen LogP contribution in [0.3, 0.4) is 0 Å². The second-order valence-electron chi connectivity index (χ2n) is 6.54. The van der Waals surface area contributed by atoms with Gasteiger partial charge in [0.1, 0.15) is 6.33 Å². The highest BCUT2D eigenvalue weighted by molar-refractivity contribution is 5.77. The highest BCUT2D eigenvalue weighted by Gasteiger charge is 2.37. The molecule has 1 fully saturated rings. The van der Waals surface area contributed by atoms with E-state index in [1.54, 1.807) is 18.5 Å². The van der Waals surface area contributed by atoms with Gasteiger partial charge in [0, 0.05) is 25.4 Å². The Morgan fingerprint density at radius 2 is 2.00 bits per heavy atom. The third-order valence-corrected chi connectivity index (χ3v) is 4.76. The third kappa shape index (κ3) is 4.76. The van der Waals surface area contributed by atoms with Crippen LogP contribution >= 0.6 is 0 Å².